The third-order valence-electron chi connectivity index (χ3n) is 2.54. The predicted octanol–water partition coefficient (Wildman–Crippen LogP) is 1.17. The van der Waals surface area contributed by atoms with Crippen LogP contribution in [-0.2, 0) is 28.6 Å². The molecular formula is C13H19NO3S. The van der Waals surface area contributed by atoms with E-state index in [1.807, 2.05) is 31.2 Å². The zero-order chi connectivity index (χ0) is 13.4. The summed E-state index contributed by atoms with van der Waals surface area (Å²) < 4.78 is 11.2. The first kappa shape index (κ1) is 14.9. The van der Waals surface area contributed by atoms with Crippen molar-refractivity contribution in [2.24, 2.45) is 0 Å². The molecule has 0 aromatic heterocycles. The summed E-state index contributed by atoms with van der Waals surface area (Å²) in [5, 5.41) is 11.9. The molecule has 5 heteroatoms. The summed E-state index contributed by atoms with van der Waals surface area (Å²) in [5.74, 6) is 0.557. The van der Waals surface area contributed by atoms with Crippen LogP contribution in [0.15, 0.2) is 24.3 Å². The van der Waals surface area contributed by atoms with E-state index < -0.39 is 16.8 Å². The molecule has 0 aliphatic rings. The molecule has 0 radical (unpaired) electrons. The smallest absolute Gasteiger partial charge is 0.307 e. The Hall–Kier alpha value is -1.20. The molecule has 1 rings (SSSR count). The molecule has 0 fully saturated rings. The molecule has 1 aromatic carbocycles. The van der Waals surface area contributed by atoms with Gasteiger partial charge in [-0.25, -0.2) is 0 Å². The number of benzene rings is 1. The van der Waals surface area contributed by atoms with Crippen molar-refractivity contribution in [3.05, 3.63) is 35.4 Å². The van der Waals surface area contributed by atoms with Gasteiger partial charge in [0.2, 0.25) is 0 Å². The first-order chi connectivity index (χ1) is 8.61. The van der Waals surface area contributed by atoms with Gasteiger partial charge in [-0.05, 0) is 11.1 Å². The highest BCUT2D eigenvalue weighted by molar-refractivity contribution is 7.84. The average molecular weight is 269 g/mol. The molecule has 18 heavy (non-hydrogen) atoms. The molecule has 4 nitrogen and oxygen atoms in total. The number of hydrogen-bond acceptors (Lipinski definition) is 3. The number of carboxylic acid groups (broad SMARTS) is 1. The van der Waals surface area contributed by atoms with E-state index in [9.17, 15) is 9.00 Å². The molecule has 0 heterocycles. The summed E-state index contributed by atoms with van der Waals surface area (Å²) in [7, 11) is -0.723. The standard InChI is InChI=1S/C13H19NO3S/c1-2-18(17)8-7-14-10-12-5-3-11(4-6-12)9-13(15)16/h3-6,14H,2,7-10H2,1H3,(H,15,16). The Kier molecular flexibility index (Phi) is 6.60. The lowest BCUT2D eigenvalue weighted by Crippen LogP contribution is -2.20. The van der Waals surface area contributed by atoms with Gasteiger partial charge in [0.1, 0.15) is 0 Å². The molecule has 1 atom stereocenters. The van der Waals surface area contributed by atoms with Crippen molar-refractivity contribution >= 4 is 16.8 Å². The topological polar surface area (TPSA) is 66.4 Å². The normalized spacial score (nSPS) is 12.3. The van der Waals surface area contributed by atoms with Gasteiger partial charge in [-0.1, -0.05) is 31.2 Å². The Morgan fingerprint density at radius 3 is 2.44 bits per heavy atom. The highest BCUT2D eigenvalue weighted by Gasteiger charge is 2.00. The average Bonchev–Trinajstić information content (AvgIpc) is 2.35. The summed E-state index contributed by atoms with van der Waals surface area (Å²) in [4.78, 5) is 10.5. The summed E-state index contributed by atoms with van der Waals surface area (Å²) in [5.41, 5.74) is 1.91. The van der Waals surface area contributed by atoms with E-state index in [1.54, 1.807) is 0 Å². The lowest BCUT2D eigenvalue weighted by molar-refractivity contribution is -0.136. The first-order valence-electron chi connectivity index (χ1n) is 5.97. The second kappa shape index (κ2) is 8.00. The van der Waals surface area contributed by atoms with Gasteiger partial charge in [-0.2, -0.15) is 0 Å². The third kappa shape index (κ3) is 5.93. The Bertz CT molecular complexity index is 403. The van der Waals surface area contributed by atoms with E-state index >= 15 is 0 Å². The fraction of sp³-hybridized carbons (Fsp3) is 0.462. The zero-order valence-electron chi connectivity index (χ0n) is 10.5. The summed E-state index contributed by atoms with van der Waals surface area (Å²) >= 11 is 0. The molecule has 0 saturated heterocycles. The molecule has 0 spiro atoms. The molecular weight excluding hydrogens is 250 g/mol. The van der Waals surface area contributed by atoms with Crippen molar-refractivity contribution in [1.82, 2.24) is 5.32 Å². The Balaban J connectivity index is 2.31. The van der Waals surface area contributed by atoms with Crippen molar-refractivity contribution in [2.45, 2.75) is 19.9 Å². The highest BCUT2D eigenvalue weighted by atomic mass is 32.2. The summed E-state index contributed by atoms with van der Waals surface area (Å²) in [6.07, 6.45) is 0.0587. The minimum atomic E-state index is -0.817. The van der Waals surface area contributed by atoms with E-state index in [1.165, 1.54) is 0 Å². The van der Waals surface area contributed by atoms with Gasteiger partial charge in [0.05, 0.1) is 6.42 Å². The number of rotatable bonds is 8. The number of nitrogens with one attached hydrogen (secondary N) is 1. The van der Waals surface area contributed by atoms with Crippen LogP contribution in [0.5, 0.6) is 0 Å². The van der Waals surface area contributed by atoms with Gasteiger partial charge in [0.25, 0.3) is 0 Å². The first-order valence-corrected chi connectivity index (χ1v) is 7.46. The van der Waals surface area contributed by atoms with Crippen molar-refractivity contribution in [1.29, 1.82) is 0 Å². The van der Waals surface area contributed by atoms with Crippen LogP contribution in [0.4, 0.5) is 0 Å². The van der Waals surface area contributed by atoms with Gasteiger partial charge in [-0.3, -0.25) is 9.00 Å². The van der Waals surface area contributed by atoms with Gasteiger partial charge < -0.3 is 10.4 Å². The van der Waals surface area contributed by atoms with Crippen LogP contribution in [-0.4, -0.2) is 33.3 Å². The summed E-state index contributed by atoms with van der Waals surface area (Å²) in [6.45, 7) is 3.36. The highest BCUT2D eigenvalue weighted by Crippen LogP contribution is 2.05. The molecule has 1 aromatic rings. The van der Waals surface area contributed by atoms with Crippen molar-refractivity contribution in [3.8, 4) is 0 Å². The number of carbonyl (C=O) groups is 1. The molecule has 0 amide bonds. The quantitative estimate of drug-likeness (QED) is 0.695. The maximum Gasteiger partial charge on any atom is 0.307 e. The lowest BCUT2D eigenvalue weighted by atomic mass is 10.1. The molecule has 0 saturated carbocycles. The van der Waals surface area contributed by atoms with E-state index in [-0.39, 0.29) is 6.42 Å². The molecule has 100 valence electrons. The lowest BCUT2D eigenvalue weighted by Gasteiger charge is -2.05. The predicted molar refractivity (Wildman–Crippen MR) is 73.0 cm³/mol. The Morgan fingerprint density at radius 2 is 1.89 bits per heavy atom. The van der Waals surface area contributed by atoms with E-state index in [0.717, 1.165) is 17.7 Å². The molecule has 0 aliphatic carbocycles. The van der Waals surface area contributed by atoms with Gasteiger partial charge in [-0.15, -0.1) is 0 Å². The van der Waals surface area contributed by atoms with Crippen LogP contribution in [0.1, 0.15) is 18.1 Å². The Labute approximate surface area is 110 Å². The van der Waals surface area contributed by atoms with Crippen LogP contribution in [0, 0.1) is 0 Å². The molecule has 1 unspecified atom stereocenters. The van der Waals surface area contributed by atoms with Crippen LogP contribution >= 0.6 is 0 Å². The van der Waals surface area contributed by atoms with Crippen molar-refractivity contribution in [2.75, 3.05) is 18.1 Å². The summed E-state index contributed by atoms with van der Waals surface area (Å²) in [6, 6.07) is 7.49. The van der Waals surface area contributed by atoms with Crippen LogP contribution in [0.3, 0.4) is 0 Å². The zero-order valence-corrected chi connectivity index (χ0v) is 11.3. The fourth-order valence-corrected chi connectivity index (χ4v) is 2.17. The second-order valence-corrected chi connectivity index (χ2v) is 5.86. The third-order valence-corrected chi connectivity index (χ3v) is 3.84. The van der Waals surface area contributed by atoms with E-state index in [0.29, 0.717) is 18.1 Å². The largest absolute Gasteiger partial charge is 0.481 e. The minimum absolute atomic E-state index is 0.0587. The van der Waals surface area contributed by atoms with Gasteiger partial charge in [0, 0.05) is 35.4 Å². The maximum absolute atomic E-state index is 11.2. The van der Waals surface area contributed by atoms with Gasteiger partial charge in [0.15, 0.2) is 0 Å². The molecule has 0 bridgehead atoms. The van der Waals surface area contributed by atoms with Crippen LogP contribution in [0.2, 0.25) is 0 Å². The van der Waals surface area contributed by atoms with Crippen LogP contribution in [0.25, 0.3) is 0 Å². The second-order valence-electron chi connectivity index (χ2n) is 4.00. The number of aliphatic carboxylic acids is 1. The van der Waals surface area contributed by atoms with Crippen LogP contribution < -0.4 is 5.32 Å². The molecule has 0 aliphatic heterocycles. The number of carboxylic acids is 1. The monoisotopic (exact) mass is 269 g/mol. The van der Waals surface area contributed by atoms with Crippen molar-refractivity contribution in [3.63, 3.8) is 0 Å². The van der Waals surface area contributed by atoms with E-state index in [4.69, 9.17) is 5.11 Å². The van der Waals surface area contributed by atoms with Gasteiger partial charge >= 0.3 is 5.97 Å². The van der Waals surface area contributed by atoms with E-state index in [2.05, 4.69) is 5.32 Å². The van der Waals surface area contributed by atoms with Crippen molar-refractivity contribution < 1.29 is 14.1 Å². The minimum Gasteiger partial charge on any atom is -0.481 e. The number of hydrogen-bond donors (Lipinski definition) is 2. The fourth-order valence-electron chi connectivity index (χ4n) is 1.51. The molecule has 2 N–H and O–H groups in total. The SMILES string of the molecule is CCS(=O)CCNCc1ccc(CC(=O)O)cc1. The Morgan fingerprint density at radius 1 is 1.28 bits per heavy atom. The maximum atomic E-state index is 11.2.